The SMILES string of the molecule is CC(NC(=O)N(CC(=O)O)C(C)C)c1cccc(Cl)c1. The third-order valence-corrected chi connectivity index (χ3v) is 3.11. The van der Waals surface area contributed by atoms with Crippen LogP contribution in [0, 0.1) is 0 Å². The second kappa shape index (κ2) is 7.14. The zero-order chi connectivity index (χ0) is 15.3. The Morgan fingerprint density at radius 1 is 1.35 bits per heavy atom. The first-order valence-electron chi connectivity index (χ1n) is 6.35. The molecule has 110 valence electrons. The van der Waals surface area contributed by atoms with E-state index in [1.165, 1.54) is 4.90 Å². The summed E-state index contributed by atoms with van der Waals surface area (Å²) in [6, 6.07) is 6.32. The second-order valence-corrected chi connectivity index (χ2v) is 5.28. The topological polar surface area (TPSA) is 69.6 Å². The molecule has 0 aliphatic heterocycles. The van der Waals surface area contributed by atoms with Gasteiger partial charge in [0.1, 0.15) is 6.54 Å². The van der Waals surface area contributed by atoms with Crippen LogP contribution in [0.15, 0.2) is 24.3 Å². The van der Waals surface area contributed by atoms with Gasteiger partial charge in [0.2, 0.25) is 0 Å². The van der Waals surface area contributed by atoms with Crippen LogP contribution in [0.5, 0.6) is 0 Å². The third kappa shape index (κ3) is 4.74. The number of carboxylic acids is 1. The van der Waals surface area contributed by atoms with E-state index in [2.05, 4.69) is 5.32 Å². The summed E-state index contributed by atoms with van der Waals surface area (Å²) in [7, 11) is 0. The minimum Gasteiger partial charge on any atom is -0.480 e. The Labute approximate surface area is 123 Å². The molecule has 2 amide bonds. The summed E-state index contributed by atoms with van der Waals surface area (Å²) >= 11 is 5.91. The maximum Gasteiger partial charge on any atom is 0.323 e. The van der Waals surface area contributed by atoms with E-state index in [1.807, 2.05) is 13.0 Å². The van der Waals surface area contributed by atoms with Gasteiger partial charge in [0.15, 0.2) is 0 Å². The van der Waals surface area contributed by atoms with Gasteiger partial charge in [0.25, 0.3) is 0 Å². The molecule has 0 aromatic heterocycles. The molecule has 0 saturated heterocycles. The second-order valence-electron chi connectivity index (χ2n) is 4.84. The van der Waals surface area contributed by atoms with Gasteiger partial charge in [0, 0.05) is 11.1 Å². The van der Waals surface area contributed by atoms with Crippen molar-refractivity contribution in [3.8, 4) is 0 Å². The van der Waals surface area contributed by atoms with Gasteiger partial charge in [-0.2, -0.15) is 0 Å². The summed E-state index contributed by atoms with van der Waals surface area (Å²) in [6.07, 6.45) is 0. The van der Waals surface area contributed by atoms with E-state index in [9.17, 15) is 9.59 Å². The van der Waals surface area contributed by atoms with Crippen LogP contribution in [-0.2, 0) is 4.79 Å². The molecule has 1 rings (SSSR count). The Morgan fingerprint density at radius 2 is 2.00 bits per heavy atom. The number of carbonyl (C=O) groups excluding carboxylic acids is 1. The lowest BCUT2D eigenvalue weighted by Crippen LogP contribution is -2.47. The number of rotatable bonds is 5. The third-order valence-electron chi connectivity index (χ3n) is 2.88. The average Bonchev–Trinajstić information content (AvgIpc) is 2.35. The van der Waals surface area contributed by atoms with Crippen LogP contribution in [0.25, 0.3) is 0 Å². The largest absolute Gasteiger partial charge is 0.480 e. The van der Waals surface area contributed by atoms with Crippen molar-refractivity contribution in [2.45, 2.75) is 32.9 Å². The van der Waals surface area contributed by atoms with E-state index in [0.717, 1.165) is 5.56 Å². The number of carbonyl (C=O) groups is 2. The molecule has 20 heavy (non-hydrogen) atoms. The Morgan fingerprint density at radius 3 is 2.50 bits per heavy atom. The summed E-state index contributed by atoms with van der Waals surface area (Å²) in [5.74, 6) is -1.04. The van der Waals surface area contributed by atoms with Gasteiger partial charge in [-0.05, 0) is 38.5 Å². The van der Waals surface area contributed by atoms with E-state index in [-0.39, 0.29) is 18.6 Å². The average molecular weight is 299 g/mol. The molecule has 0 fully saturated rings. The quantitative estimate of drug-likeness (QED) is 0.878. The molecule has 0 aliphatic rings. The highest BCUT2D eigenvalue weighted by molar-refractivity contribution is 6.30. The number of hydrogen-bond acceptors (Lipinski definition) is 2. The van der Waals surface area contributed by atoms with Crippen LogP contribution in [0.2, 0.25) is 5.02 Å². The van der Waals surface area contributed by atoms with Crippen molar-refractivity contribution in [3.63, 3.8) is 0 Å². The normalized spacial score (nSPS) is 12.1. The highest BCUT2D eigenvalue weighted by Crippen LogP contribution is 2.17. The molecule has 1 aromatic carbocycles. The van der Waals surface area contributed by atoms with E-state index in [0.29, 0.717) is 5.02 Å². The van der Waals surface area contributed by atoms with Crippen molar-refractivity contribution < 1.29 is 14.7 Å². The number of amides is 2. The first-order valence-corrected chi connectivity index (χ1v) is 6.73. The van der Waals surface area contributed by atoms with Crippen molar-refractivity contribution >= 4 is 23.6 Å². The van der Waals surface area contributed by atoms with Crippen LogP contribution in [0.1, 0.15) is 32.4 Å². The lowest BCUT2D eigenvalue weighted by atomic mass is 10.1. The predicted molar refractivity (Wildman–Crippen MR) is 77.9 cm³/mol. The Kier molecular flexibility index (Phi) is 5.82. The highest BCUT2D eigenvalue weighted by Gasteiger charge is 2.21. The number of nitrogens with zero attached hydrogens (tertiary/aromatic N) is 1. The number of aliphatic carboxylic acids is 1. The van der Waals surface area contributed by atoms with Crippen molar-refractivity contribution in [3.05, 3.63) is 34.9 Å². The van der Waals surface area contributed by atoms with Crippen LogP contribution >= 0.6 is 11.6 Å². The van der Waals surface area contributed by atoms with E-state index in [1.54, 1.807) is 32.0 Å². The molecular formula is C14H19ClN2O3. The summed E-state index contributed by atoms with van der Waals surface area (Å²) in [5.41, 5.74) is 0.866. The predicted octanol–water partition coefficient (Wildman–Crippen LogP) is 2.91. The molecule has 0 saturated carbocycles. The van der Waals surface area contributed by atoms with Crippen LogP contribution in [0.4, 0.5) is 4.79 Å². The standard InChI is InChI=1S/C14H19ClN2O3/c1-9(2)17(8-13(18)19)14(20)16-10(3)11-5-4-6-12(15)7-11/h4-7,9-10H,8H2,1-3H3,(H,16,20)(H,18,19). The van der Waals surface area contributed by atoms with Crippen LogP contribution in [-0.4, -0.2) is 34.6 Å². The fourth-order valence-corrected chi connectivity index (χ4v) is 1.96. The van der Waals surface area contributed by atoms with Gasteiger partial charge < -0.3 is 15.3 Å². The van der Waals surface area contributed by atoms with Gasteiger partial charge in [-0.1, -0.05) is 23.7 Å². The lowest BCUT2D eigenvalue weighted by molar-refractivity contribution is -0.138. The summed E-state index contributed by atoms with van der Waals surface area (Å²) in [4.78, 5) is 24.2. The minimum absolute atomic E-state index is 0.197. The Hall–Kier alpha value is -1.75. The molecule has 0 heterocycles. The number of benzene rings is 1. The molecule has 0 aliphatic carbocycles. The first-order chi connectivity index (χ1) is 9.31. The number of nitrogens with one attached hydrogen (secondary N) is 1. The van der Waals surface area contributed by atoms with Gasteiger partial charge in [-0.15, -0.1) is 0 Å². The summed E-state index contributed by atoms with van der Waals surface area (Å²) < 4.78 is 0. The molecule has 2 N–H and O–H groups in total. The number of halogens is 1. The van der Waals surface area contributed by atoms with Crippen LogP contribution < -0.4 is 5.32 Å². The maximum absolute atomic E-state index is 12.1. The van der Waals surface area contributed by atoms with E-state index >= 15 is 0 Å². The molecule has 1 unspecified atom stereocenters. The lowest BCUT2D eigenvalue weighted by Gasteiger charge is -2.27. The zero-order valence-corrected chi connectivity index (χ0v) is 12.5. The van der Waals surface area contributed by atoms with Crippen molar-refractivity contribution in [1.29, 1.82) is 0 Å². The fraction of sp³-hybridized carbons (Fsp3) is 0.429. The molecule has 0 spiro atoms. The highest BCUT2D eigenvalue weighted by atomic mass is 35.5. The molecule has 1 aromatic rings. The molecule has 5 nitrogen and oxygen atoms in total. The monoisotopic (exact) mass is 298 g/mol. The minimum atomic E-state index is -1.04. The Bertz CT molecular complexity index is 491. The number of hydrogen-bond donors (Lipinski definition) is 2. The first kappa shape index (κ1) is 16.3. The Balaban J connectivity index is 2.75. The molecule has 0 radical (unpaired) electrons. The van der Waals surface area contributed by atoms with Crippen molar-refractivity contribution in [2.24, 2.45) is 0 Å². The molecular weight excluding hydrogens is 280 g/mol. The van der Waals surface area contributed by atoms with Crippen molar-refractivity contribution in [2.75, 3.05) is 6.54 Å². The van der Waals surface area contributed by atoms with E-state index in [4.69, 9.17) is 16.7 Å². The van der Waals surface area contributed by atoms with E-state index < -0.39 is 12.0 Å². The fourth-order valence-electron chi connectivity index (χ4n) is 1.76. The zero-order valence-electron chi connectivity index (χ0n) is 11.8. The van der Waals surface area contributed by atoms with Crippen LogP contribution in [0.3, 0.4) is 0 Å². The smallest absolute Gasteiger partial charge is 0.323 e. The van der Waals surface area contributed by atoms with Gasteiger partial charge in [-0.3, -0.25) is 4.79 Å². The number of carboxylic acid groups (broad SMARTS) is 1. The van der Waals surface area contributed by atoms with Gasteiger partial charge in [-0.25, -0.2) is 4.79 Å². The summed E-state index contributed by atoms with van der Waals surface area (Å²) in [5, 5.41) is 12.2. The molecule has 1 atom stereocenters. The van der Waals surface area contributed by atoms with Gasteiger partial charge in [0.05, 0.1) is 6.04 Å². The van der Waals surface area contributed by atoms with Crippen molar-refractivity contribution in [1.82, 2.24) is 10.2 Å². The van der Waals surface area contributed by atoms with Gasteiger partial charge >= 0.3 is 12.0 Å². The maximum atomic E-state index is 12.1. The summed E-state index contributed by atoms with van der Waals surface area (Å²) in [6.45, 7) is 5.04. The molecule has 6 heteroatoms. The number of urea groups is 1. The molecule has 0 bridgehead atoms.